The van der Waals surface area contributed by atoms with Crippen molar-refractivity contribution in [3.8, 4) is 0 Å². The van der Waals surface area contributed by atoms with Crippen molar-refractivity contribution in [2.24, 2.45) is 0 Å². The van der Waals surface area contributed by atoms with Gasteiger partial charge in [0.05, 0.1) is 15.5 Å². The van der Waals surface area contributed by atoms with Gasteiger partial charge in [0, 0.05) is 168 Å². The molecule has 2 amide bonds. The van der Waals surface area contributed by atoms with E-state index in [-0.39, 0.29) is 55.3 Å². The highest BCUT2D eigenvalue weighted by Crippen LogP contribution is 2.34. The maximum absolute atomic E-state index is 12.3. The van der Waals surface area contributed by atoms with Gasteiger partial charge in [-0.2, -0.15) is 29.9 Å². The van der Waals surface area contributed by atoms with Gasteiger partial charge in [0.15, 0.2) is 9.84 Å². The highest BCUT2D eigenvalue weighted by molar-refractivity contribution is 7.91. The number of amides is 2. The second-order valence-corrected chi connectivity index (χ2v) is 47.6. The summed E-state index contributed by atoms with van der Waals surface area (Å²) in [6.45, 7) is 65.3. The van der Waals surface area contributed by atoms with Gasteiger partial charge in [-0.15, -0.1) is 0 Å². The van der Waals surface area contributed by atoms with Crippen molar-refractivity contribution in [2.75, 3.05) is 94.3 Å². The van der Waals surface area contributed by atoms with Crippen LogP contribution in [0.2, 0.25) is 5.02 Å². The number of para-hydroxylation sites is 1. The molecule has 6 heterocycles. The molecule has 0 unspecified atom stereocenters. The second kappa shape index (κ2) is 49.4. The number of anilines is 20. The minimum Gasteiger partial charge on any atom is -0.350 e. The van der Waals surface area contributed by atoms with E-state index in [1.807, 2.05) is 188 Å². The monoisotopic (exact) mass is 2020 g/mol. The van der Waals surface area contributed by atoms with E-state index in [0.717, 1.165) is 95.4 Å². The quantitative estimate of drug-likeness (QED) is 0.0267. The van der Waals surface area contributed by atoms with Crippen LogP contribution in [0.25, 0.3) is 0 Å². The number of rotatable bonds is 24. The third-order valence-electron chi connectivity index (χ3n) is 20.1. The van der Waals surface area contributed by atoms with Crippen molar-refractivity contribution in [1.29, 1.82) is 0 Å². The Morgan fingerprint density at radius 3 is 0.875 bits per heavy atom. The molecule has 0 aliphatic rings. The molecule has 770 valence electrons. The van der Waals surface area contributed by atoms with Crippen molar-refractivity contribution in [2.45, 2.75) is 270 Å². The van der Waals surface area contributed by atoms with Crippen LogP contribution in [0.3, 0.4) is 0 Å². The van der Waals surface area contributed by atoms with Crippen LogP contribution in [0, 0.1) is 69.2 Å². The van der Waals surface area contributed by atoms with Gasteiger partial charge in [-0.3, -0.25) is 0 Å². The Hall–Kier alpha value is -14.0. The Labute approximate surface area is 859 Å². The molecular weight excluding hydrogens is 1870 g/mol. The minimum atomic E-state index is -3.49. The summed E-state index contributed by atoms with van der Waals surface area (Å²) in [6, 6.07) is 48.8. The van der Waals surface area contributed by atoms with E-state index < -0.39 is 19.9 Å². The van der Waals surface area contributed by atoms with E-state index in [0.29, 0.717) is 75.1 Å². The van der Waals surface area contributed by atoms with E-state index >= 15 is 0 Å². The Balaban J connectivity index is 0.000000212. The summed E-state index contributed by atoms with van der Waals surface area (Å²) < 4.78 is 49.8. The molecule has 0 fully saturated rings. The van der Waals surface area contributed by atoms with E-state index in [1.165, 1.54) is 35.1 Å². The number of aromatic nitrogens is 12. The number of nitrogens with one attached hydrogen (secondary N) is 14. The summed E-state index contributed by atoms with van der Waals surface area (Å²) in [7, 11) is -3.71. The molecule has 13 rings (SSSR count). The number of sulfone groups is 1. The molecule has 144 heavy (non-hydrogen) atoms. The molecule has 0 aliphatic heterocycles. The molecule has 13 aromatic rings. The third kappa shape index (κ3) is 39.4. The van der Waals surface area contributed by atoms with Crippen molar-refractivity contribution >= 4 is 154 Å². The van der Waals surface area contributed by atoms with Gasteiger partial charge in [0.2, 0.25) is 45.7 Å². The molecule has 6 aromatic heterocycles. The Kier molecular flexibility index (Phi) is 39.5. The standard InChI is InChI=1S/C22H26N6O.C19H28N4.C17H23ClN4.C17H25N5O2S.C17H24N4O2S.C17H24N4/c1-15-14-23-20(28-22(2,3)4)27-19(15)24-17-11-8-12-18(13-17)26-21(29)25-16-9-6-5-7-10-16;1-13-12-20-17(23-19(5,6)7)22-16(13)21-15-10-8-9-14(11-15)18(2,3)4;1-10-7-13(8-11(2)14(10)18)20-15-12(3)9-19-16(21-15)22-17(4,5)6;1-12-11-18-16(21-17(2,3)4)20-15(12)19-13-8-7-9-14(10-13)25(23,24)22(5)6;1-6-24(22,23)14-9-7-8-13(10-14)19-15-12(2)11-18-16(20-15)21-17(3,4)5;1-11-7-12(2)9-14(8-11)19-15-13(3)10-18-16(20-15)21-17(4,5)6/h5-14H,1-4H3,(H2,25,26,29)(H2,23,24,27,28);8-12H,1-7H3,(H2,20,21,22,23);7-9H,1-6H3,(H2,19,20,21,22);7-11H,1-6H3,(H2,18,19,20,21);7-11H,6H2,1-5H3,(H2,18,19,20,21);7-10H,1-6H3,(H2,18,19,20,21). The fourth-order valence-electron chi connectivity index (χ4n) is 13.1. The molecule has 0 saturated carbocycles. The molecule has 0 saturated heterocycles. The molecule has 14 N–H and O–H groups in total. The number of sulfonamides is 1. The van der Waals surface area contributed by atoms with Crippen molar-refractivity contribution in [1.82, 2.24) is 64.1 Å². The first-order valence-electron chi connectivity index (χ1n) is 47.7. The van der Waals surface area contributed by atoms with Crippen LogP contribution in [0.4, 0.5) is 121 Å². The Morgan fingerprint density at radius 1 is 0.299 bits per heavy atom. The van der Waals surface area contributed by atoms with Crippen molar-refractivity contribution in [3.63, 3.8) is 0 Å². The van der Waals surface area contributed by atoms with Gasteiger partial charge >= 0.3 is 6.03 Å². The maximum Gasteiger partial charge on any atom is 0.323 e. The summed E-state index contributed by atoms with van der Waals surface area (Å²) in [5, 5.41) is 45.9. The van der Waals surface area contributed by atoms with E-state index in [4.69, 9.17) is 11.6 Å². The number of urea groups is 1. The fraction of sp³-hybridized carbons (Fsp3) is 0.385. The van der Waals surface area contributed by atoms with Gasteiger partial charge < -0.3 is 74.4 Å². The van der Waals surface area contributed by atoms with Crippen LogP contribution in [-0.4, -0.2) is 140 Å². The zero-order valence-electron chi connectivity index (χ0n) is 90.2. The molecule has 0 atom stereocenters. The largest absolute Gasteiger partial charge is 0.350 e. The lowest BCUT2D eigenvalue weighted by Gasteiger charge is -2.22. The van der Waals surface area contributed by atoms with Crippen LogP contribution in [0.15, 0.2) is 205 Å². The lowest BCUT2D eigenvalue weighted by Crippen LogP contribution is -2.27. The molecule has 0 radical (unpaired) electrons. The van der Waals surface area contributed by atoms with Crippen LogP contribution in [-0.2, 0) is 25.3 Å². The van der Waals surface area contributed by atoms with Gasteiger partial charge in [-0.1, -0.05) is 93.9 Å². The summed E-state index contributed by atoms with van der Waals surface area (Å²) in [4.78, 5) is 66.0. The summed E-state index contributed by atoms with van der Waals surface area (Å²) in [5.41, 5.74) is 17.6. The Morgan fingerprint density at radius 2 is 0.562 bits per heavy atom. The average molecular weight is 2020 g/mol. The number of aryl methyl sites for hydroxylation is 10. The normalized spacial score (nSPS) is 11.7. The van der Waals surface area contributed by atoms with E-state index in [9.17, 15) is 21.6 Å². The summed E-state index contributed by atoms with van der Waals surface area (Å²) in [5.74, 6) is 7.99. The predicted octanol–water partition coefficient (Wildman–Crippen LogP) is 26.3. The molecule has 32 nitrogen and oxygen atoms in total. The molecule has 35 heteroatoms. The number of hydrogen-bond acceptors (Lipinski definition) is 29. The topological polar surface area (TPSA) is 412 Å². The molecule has 0 bridgehead atoms. The number of benzene rings is 7. The molecule has 0 aliphatic carbocycles. The first-order chi connectivity index (χ1) is 66.8. The number of halogens is 1. The molecule has 0 spiro atoms. The SMILES string of the molecule is CCS(=O)(=O)c1cccc(Nc2nc(NC(C)(C)C)ncc2C)c1.Cc1cc(C)cc(Nc2nc(NC(C)(C)C)ncc2C)c1.Cc1cnc(NC(C)(C)C)nc1Nc1cc(C)c(Cl)c(C)c1.Cc1cnc(NC(C)(C)C)nc1Nc1cccc(C(C)(C)C)c1.Cc1cnc(NC(C)(C)C)nc1Nc1cccc(NC(=O)Nc2ccccc2)c1.Cc1cnc(NC(C)(C)C)nc1Nc1cccc(S(=O)(=O)N(C)C)c1. The zero-order chi connectivity index (χ0) is 107. The average Bonchev–Trinajstić information content (AvgIpc) is 0.821. The first kappa shape index (κ1) is 115. The van der Waals surface area contributed by atoms with Gasteiger partial charge in [-0.05, 0) is 330 Å². The lowest BCUT2D eigenvalue weighted by atomic mass is 9.87. The Bertz CT molecular complexity index is 6720. The van der Waals surface area contributed by atoms with Crippen molar-refractivity contribution < 1.29 is 21.6 Å². The van der Waals surface area contributed by atoms with Gasteiger partial charge in [0.25, 0.3) is 0 Å². The predicted molar refractivity (Wildman–Crippen MR) is 600 cm³/mol. The number of carbonyl (C=O) groups excluding carboxylic acids is 1. The fourth-order valence-corrected chi connectivity index (χ4v) is 15.1. The highest BCUT2D eigenvalue weighted by Gasteiger charge is 2.24. The van der Waals surface area contributed by atoms with Gasteiger partial charge in [0.1, 0.15) is 34.9 Å². The second-order valence-electron chi connectivity index (χ2n) is 42.8. The molecular formula is C109H150ClN27O5S2. The number of carbonyl (C=O) groups is 1. The van der Waals surface area contributed by atoms with Crippen LogP contribution >= 0.6 is 11.6 Å². The number of nitrogens with zero attached hydrogens (tertiary/aromatic N) is 13. The summed E-state index contributed by atoms with van der Waals surface area (Å²) >= 11 is 6.22. The summed E-state index contributed by atoms with van der Waals surface area (Å²) in [6.07, 6.45) is 10.7. The zero-order valence-corrected chi connectivity index (χ0v) is 92.6. The van der Waals surface area contributed by atoms with Crippen LogP contribution < -0.4 is 74.4 Å². The first-order valence-corrected chi connectivity index (χ1v) is 51.2. The van der Waals surface area contributed by atoms with E-state index in [1.54, 1.807) is 68.0 Å². The lowest BCUT2D eigenvalue weighted by molar-refractivity contribution is 0.262. The minimum absolute atomic E-state index is 0.0630. The smallest absolute Gasteiger partial charge is 0.323 e. The molecule has 7 aromatic carbocycles. The highest BCUT2D eigenvalue weighted by atomic mass is 35.5. The van der Waals surface area contributed by atoms with Crippen LogP contribution in [0.5, 0.6) is 0 Å². The van der Waals surface area contributed by atoms with Crippen molar-refractivity contribution in [3.05, 3.63) is 261 Å². The van der Waals surface area contributed by atoms with Crippen LogP contribution in [0.1, 0.15) is 214 Å². The van der Waals surface area contributed by atoms with Gasteiger partial charge in [-0.25, -0.2) is 55.8 Å². The number of hydrogen-bond donors (Lipinski definition) is 14. The maximum atomic E-state index is 12.3. The van der Waals surface area contributed by atoms with E-state index in [2.05, 4.69) is 294 Å². The third-order valence-corrected chi connectivity index (χ3v) is 24.2.